The molecule has 0 aliphatic carbocycles. The van der Waals surface area contributed by atoms with Gasteiger partial charge in [0.2, 0.25) is 5.78 Å². The Morgan fingerprint density at radius 2 is 1.84 bits per heavy atom. The molecule has 11 heteroatoms. The van der Waals surface area contributed by atoms with Gasteiger partial charge < -0.3 is 20.9 Å². The number of likely N-dealkylation sites (N-methyl/N-ethyl adjacent to an activating group) is 1. The summed E-state index contributed by atoms with van der Waals surface area (Å²) in [6.07, 6.45) is 0. The number of carbonyl (C=O) groups is 1. The van der Waals surface area contributed by atoms with Crippen LogP contribution in [0.5, 0.6) is 0 Å². The van der Waals surface area contributed by atoms with E-state index < -0.39 is 5.78 Å². The van der Waals surface area contributed by atoms with Gasteiger partial charge >= 0.3 is 0 Å². The molecule has 2 aromatic carbocycles. The molecule has 168 valence electrons. The number of nitrogens with one attached hydrogen (secondary N) is 1. The van der Waals surface area contributed by atoms with Crippen LogP contribution in [0.15, 0.2) is 42.5 Å². The SMILES string of the molecule is CN1CCN(c2ccc(Nc3nc(N)c(C(=O)c4ccc(Cl)c(N(O)O)c4)s3)cc2)CC1. The number of nitrogens with zero attached hydrogens (tertiary/aromatic N) is 4. The fraction of sp³-hybridized carbons (Fsp3) is 0.238. The Kier molecular flexibility index (Phi) is 6.49. The largest absolute Gasteiger partial charge is 0.382 e. The van der Waals surface area contributed by atoms with Crippen LogP contribution in [0.1, 0.15) is 15.2 Å². The van der Waals surface area contributed by atoms with Crippen molar-refractivity contribution >= 4 is 56.7 Å². The number of thiazole rings is 1. The molecule has 0 radical (unpaired) electrons. The van der Waals surface area contributed by atoms with Gasteiger partial charge in [-0.1, -0.05) is 22.9 Å². The average molecular weight is 475 g/mol. The highest BCUT2D eigenvalue weighted by molar-refractivity contribution is 7.18. The van der Waals surface area contributed by atoms with Crippen LogP contribution in [0.4, 0.5) is 28.0 Å². The summed E-state index contributed by atoms with van der Waals surface area (Å²) in [4.78, 5) is 22.1. The van der Waals surface area contributed by atoms with Crippen molar-refractivity contribution in [2.75, 3.05) is 54.4 Å². The fourth-order valence-corrected chi connectivity index (χ4v) is 4.49. The summed E-state index contributed by atoms with van der Waals surface area (Å²) in [5.74, 6) is -0.295. The average Bonchev–Trinajstić information content (AvgIpc) is 3.14. The highest BCUT2D eigenvalue weighted by Crippen LogP contribution is 2.32. The zero-order valence-electron chi connectivity index (χ0n) is 17.3. The van der Waals surface area contributed by atoms with E-state index in [0.717, 1.165) is 43.2 Å². The number of benzene rings is 2. The quantitative estimate of drug-likeness (QED) is 0.313. The molecule has 1 aliphatic heterocycles. The third-order valence-electron chi connectivity index (χ3n) is 5.27. The molecule has 3 aromatic rings. The van der Waals surface area contributed by atoms with Crippen LogP contribution >= 0.6 is 22.9 Å². The van der Waals surface area contributed by atoms with Gasteiger partial charge in [0.1, 0.15) is 16.4 Å². The van der Waals surface area contributed by atoms with Gasteiger partial charge in [-0.3, -0.25) is 15.2 Å². The second-order valence-electron chi connectivity index (χ2n) is 7.48. The maximum absolute atomic E-state index is 12.9. The number of ketones is 1. The van der Waals surface area contributed by atoms with Gasteiger partial charge in [-0.25, -0.2) is 4.98 Å². The molecule has 32 heavy (non-hydrogen) atoms. The summed E-state index contributed by atoms with van der Waals surface area (Å²) in [5, 5.41) is 22.2. The lowest BCUT2D eigenvalue weighted by atomic mass is 10.1. The van der Waals surface area contributed by atoms with E-state index in [1.807, 2.05) is 12.1 Å². The molecular formula is C21H23ClN6O3S. The Morgan fingerprint density at radius 3 is 2.50 bits per heavy atom. The van der Waals surface area contributed by atoms with Gasteiger partial charge in [-0.05, 0) is 49.5 Å². The highest BCUT2D eigenvalue weighted by Gasteiger charge is 2.20. The Labute approximate surface area is 194 Å². The molecule has 1 aromatic heterocycles. The molecule has 1 saturated heterocycles. The number of nitrogens with two attached hydrogens (primary N) is 1. The van der Waals surface area contributed by atoms with Crippen molar-refractivity contribution < 1.29 is 15.2 Å². The number of halogens is 1. The predicted octanol–water partition coefficient (Wildman–Crippen LogP) is 3.69. The smallest absolute Gasteiger partial charge is 0.206 e. The van der Waals surface area contributed by atoms with Crippen molar-refractivity contribution in [2.45, 2.75) is 0 Å². The minimum Gasteiger partial charge on any atom is -0.382 e. The number of nitrogen functional groups attached to an aromatic ring is 1. The zero-order valence-corrected chi connectivity index (χ0v) is 18.9. The van der Waals surface area contributed by atoms with Crippen LogP contribution in [0.2, 0.25) is 5.02 Å². The highest BCUT2D eigenvalue weighted by atomic mass is 35.5. The van der Waals surface area contributed by atoms with E-state index in [1.54, 1.807) is 0 Å². The molecule has 0 saturated carbocycles. The van der Waals surface area contributed by atoms with E-state index in [9.17, 15) is 15.2 Å². The molecule has 0 amide bonds. The third kappa shape index (κ3) is 4.79. The van der Waals surface area contributed by atoms with Gasteiger partial charge in [-0.15, -0.1) is 5.23 Å². The van der Waals surface area contributed by atoms with Crippen LogP contribution in [-0.4, -0.2) is 59.3 Å². The summed E-state index contributed by atoms with van der Waals surface area (Å²) < 4.78 is 0. The first kappa shape index (κ1) is 22.3. The monoisotopic (exact) mass is 474 g/mol. The van der Waals surface area contributed by atoms with Crippen LogP contribution in [0, 0.1) is 0 Å². The van der Waals surface area contributed by atoms with Crippen LogP contribution < -0.4 is 21.2 Å². The Morgan fingerprint density at radius 1 is 1.16 bits per heavy atom. The number of rotatable bonds is 6. The molecule has 4 rings (SSSR count). The molecule has 0 unspecified atom stereocenters. The normalized spacial score (nSPS) is 14.4. The van der Waals surface area contributed by atoms with Crippen molar-refractivity contribution in [1.82, 2.24) is 9.88 Å². The number of hydrogen-bond donors (Lipinski definition) is 4. The van der Waals surface area contributed by atoms with Gasteiger partial charge in [0.15, 0.2) is 5.13 Å². The van der Waals surface area contributed by atoms with Gasteiger partial charge in [0.25, 0.3) is 0 Å². The van der Waals surface area contributed by atoms with Crippen molar-refractivity contribution in [3.8, 4) is 0 Å². The Balaban J connectivity index is 1.48. The maximum atomic E-state index is 12.9. The fourth-order valence-electron chi connectivity index (χ4n) is 3.43. The molecule has 1 aliphatic rings. The van der Waals surface area contributed by atoms with Gasteiger partial charge in [0.05, 0.1) is 5.02 Å². The molecule has 5 N–H and O–H groups in total. The van der Waals surface area contributed by atoms with E-state index in [-0.39, 0.29) is 32.2 Å². The molecule has 9 nitrogen and oxygen atoms in total. The van der Waals surface area contributed by atoms with E-state index in [2.05, 4.69) is 39.3 Å². The number of piperazine rings is 1. The molecule has 0 bridgehead atoms. The Hall–Kier alpha value is -2.89. The molecule has 0 atom stereocenters. The topological polar surface area (TPSA) is 118 Å². The maximum Gasteiger partial charge on any atom is 0.206 e. The zero-order chi connectivity index (χ0) is 22.8. The minimum absolute atomic E-state index is 0.0891. The van der Waals surface area contributed by atoms with Crippen LogP contribution in [0.25, 0.3) is 0 Å². The van der Waals surface area contributed by atoms with Crippen molar-refractivity contribution in [1.29, 1.82) is 0 Å². The standard InChI is InChI=1S/C21H23ClN6O3S/c1-26-8-10-27(11-9-26)15-5-3-14(4-6-15)24-21-25-20(23)19(32-21)18(29)13-2-7-16(22)17(12-13)28(30)31/h2-7,12,30-31H,8-11,23H2,1H3,(H,24,25). The first-order valence-corrected chi connectivity index (χ1v) is 11.1. The van der Waals surface area contributed by atoms with Gasteiger partial charge in [0, 0.05) is 43.1 Å². The second kappa shape index (κ2) is 9.31. The first-order chi connectivity index (χ1) is 15.3. The number of aromatic nitrogens is 1. The predicted molar refractivity (Wildman–Crippen MR) is 127 cm³/mol. The second-order valence-corrected chi connectivity index (χ2v) is 8.89. The van der Waals surface area contributed by atoms with Crippen molar-refractivity contribution in [3.63, 3.8) is 0 Å². The van der Waals surface area contributed by atoms with E-state index >= 15 is 0 Å². The minimum atomic E-state index is -0.391. The molecule has 0 spiro atoms. The summed E-state index contributed by atoms with van der Waals surface area (Å²) in [6, 6.07) is 12.2. The lowest BCUT2D eigenvalue weighted by Gasteiger charge is -2.34. The van der Waals surface area contributed by atoms with Crippen LogP contribution in [-0.2, 0) is 0 Å². The lowest BCUT2D eigenvalue weighted by molar-refractivity contribution is 0.0292. The number of anilines is 5. The summed E-state index contributed by atoms with van der Waals surface area (Å²) in [5.41, 5.74) is 8.08. The lowest BCUT2D eigenvalue weighted by Crippen LogP contribution is -2.44. The molecular weight excluding hydrogens is 452 g/mol. The van der Waals surface area contributed by atoms with E-state index in [1.165, 1.54) is 23.9 Å². The van der Waals surface area contributed by atoms with E-state index in [4.69, 9.17) is 17.3 Å². The third-order valence-corrected chi connectivity index (χ3v) is 6.58. The summed E-state index contributed by atoms with van der Waals surface area (Å²) in [7, 11) is 2.13. The summed E-state index contributed by atoms with van der Waals surface area (Å²) >= 11 is 7.04. The first-order valence-electron chi connectivity index (χ1n) is 9.91. The molecule has 1 fully saturated rings. The molecule has 2 heterocycles. The van der Waals surface area contributed by atoms with Crippen LogP contribution in [0.3, 0.4) is 0 Å². The number of hydrogen-bond acceptors (Lipinski definition) is 10. The van der Waals surface area contributed by atoms with Crippen molar-refractivity contribution in [2.24, 2.45) is 0 Å². The van der Waals surface area contributed by atoms with Gasteiger partial charge in [-0.2, -0.15) is 0 Å². The number of carbonyl (C=O) groups excluding carboxylic acids is 1. The summed E-state index contributed by atoms with van der Waals surface area (Å²) in [6.45, 7) is 4.07. The van der Waals surface area contributed by atoms with E-state index in [0.29, 0.717) is 5.13 Å². The Bertz CT molecular complexity index is 1110. The van der Waals surface area contributed by atoms with Crippen molar-refractivity contribution in [3.05, 3.63) is 57.9 Å².